The van der Waals surface area contributed by atoms with Crippen molar-refractivity contribution in [3.05, 3.63) is 33.1 Å². The van der Waals surface area contributed by atoms with E-state index in [1.807, 2.05) is 22.6 Å². The quantitative estimate of drug-likeness (QED) is 0.789. The van der Waals surface area contributed by atoms with Crippen LogP contribution in [0, 0.1) is 9.39 Å². The summed E-state index contributed by atoms with van der Waals surface area (Å²) >= 11 is 2.00. The lowest BCUT2D eigenvalue weighted by Gasteiger charge is -2.29. The van der Waals surface area contributed by atoms with E-state index >= 15 is 0 Å². The molecule has 20 heavy (non-hydrogen) atoms. The lowest BCUT2D eigenvalue weighted by Crippen LogP contribution is -2.46. The van der Waals surface area contributed by atoms with Gasteiger partial charge in [-0.15, -0.1) is 0 Å². The maximum absolute atomic E-state index is 13.1. The van der Waals surface area contributed by atoms with Crippen LogP contribution in [-0.4, -0.2) is 62.0 Å². The number of benzene rings is 1. The van der Waals surface area contributed by atoms with Crippen LogP contribution in [0.1, 0.15) is 10.4 Å². The number of carbonyl (C=O) groups excluding carboxylic acids is 1. The Kier molecular flexibility index (Phi) is 5.74. The second-order valence-electron chi connectivity index (χ2n) is 4.94. The van der Waals surface area contributed by atoms with Crippen LogP contribution in [-0.2, 0) is 0 Å². The molecule has 1 saturated heterocycles. The second-order valence-corrected chi connectivity index (χ2v) is 6.10. The zero-order chi connectivity index (χ0) is 14.5. The molecular formula is C14H19FIN3O. The lowest BCUT2D eigenvalue weighted by molar-refractivity contribution is 0.0773. The fourth-order valence-electron chi connectivity index (χ4n) is 2.20. The fourth-order valence-corrected chi connectivity index (χ4v) is 2.90. The summed E-state index contributed by atoms with van der Waals surface area (Å²) in [5.41, 5.74) is 0.565. The highest BCUT2D eigenvalue weighted by molar-refractivity contribution is 14.1. The zero-order valence-corrected chi connectivity index (χ0v) is 13.7. The Morgan fingerprint density at radius 1 is 1.45 bits per heavy atom. The fraction of sp³-hybridized carbons (Fsp3) is 0.500. The van der Waals surface area contributed by atoms with Crippen LogP contribution >= 0.6 is 22.6 Å². The summed E-state index contributed by atoms with van der Waals surface area (Å²) in [5.74, 6) is -0.362. The van der Waals surface area contributed by atoms with Gasteiger partial charge in [0, 0.05) is 49.9 Å². The number of piperazine rings is 1. The van der Waals surface area contributed by atoms with Crippen LogP contribution in [0.15, 0.2) is 18.2 Å². The third kappa shape index (κ3) is 4.13. The van der Waals surface area contributed by atoms with E-state index in [4.69, 9.17) is 0 Å². The standard InChI is InChI=1S/C14H19FIN3O/c1-18(8-9-19-6-4-17-5-7-19)14(20)12-3-2-11(15)10-13(12)16/h2-3,10,17H,4-9H2,1H3. The van der Waals surface area contributed by atoms with E-state index in [1.165, 1.54) is 12.1 Å². The summed E-state index contributed by atoms with van der Waals surface area (Å²) in [6, 6.07) is 4.28. The predicted octanol–water partition coefficient (Wildman–Crippen LogP) is 1.41. The molecule has 1 fully saturated rings. The molecule has 110 valence electrons. The van der Waals surface area contributed by atoms with Gasteiger partial charge in [0.05, 0.1) is 5.56 Å². The molecule has 0 aliphatic carbocycles. The molecule has 0 aromatic heterocycles. The molecule has 0 spiro atoms. The minimum absolute atomic E-state index is 0.0514. The summed E-state index contributed by atoms with van der Waals surface area (Å²) in [5, 5.41) is 3.31. The van der Waals surface area contributed by atoms with Crippen molar-refractivity contribution in [1.29, 1.82) is 0 Å². The molecular weight excluding hydrogens is 372 g/mol. The van der Waals surface area contributed by atoms with Gasteiger partial charge in [-0.05, 0) is 40.8 Å². The molecule has 4 nitrogen and oxygen atoms in total. The number of likely N-dealkylation sites (N-methyl/N-ethyl adjacent to an activating group) is 1. The maximum Gasteiger partial charge on any atom is 0.254 e. The molecule has 1 aromatic carbocycles. The Hall–Kier alpha value is -0.730. The maximum atomic E-state index is 13.1. The number of nitrogens with zero attached hydrogens (tertiary/aromatic N) is 2. The van der Waals surface area contributed by atoms with Gasteiger partial charge in [-0.3, -0.25) is 9.69 Å². The number of hydrogen-bond acceptors (Lipinski definition) is 3. The number of carbonyl (C=O) groups is 1. The highest BCUT2D eigenvalue weighted by atomic mass is 127. The van der Waals surface area contributed by atoms with E-state index in [2.05, 4.69) is 10.2 Å². The number of nitrogens with one attached hydrogen (secondary N) is 1. The summed E-state index contributed by atoms with van der Waals surface area (Å²) in [4.78, 5) is 16.4. The first-order chi connectivity index (χ1) is 9.58. The van der Waals surface area contributed by atoms with Gasteiger partial charge in [0.15, 0.2) is 0 Å². The molecule has 0 saturated carbocycles. The number of rotatable bonds is 4. The summed E-state index contributed by atoms with van der Waals surface area (Å²) in [7, 11) is 1.80. The first-order valence-corrected chi connectivity index (χ1v) is 7.79. The van der Waals surface area contributed by atoms with Gasteiger partial charge >= 0.3 is 0 Å². The Balaban J connectivity index is 1.90. The van der Waals surface area contributed by atoms with Crippen molar-refractivity contribution in [2.24, 2.45) is 0 Å². The molecule has 0 unspecified atom stereocenters. The minimum Gasteiger partial charge on any atom is -0.340 e. The van der Waals surface area contributed by atoms with Crippen molar-refractivity contribution in [3.8, 4) is 0 Å². The Morgan fingerprint density at radius 2 is 2.15 bits per heavy atom. The smallest absolute Gasteiger partial charge is 0.254 e. The molecule has 1 aliphatic heterocycles. The number of halogens is 2. The van der Waals surface area contributed by atoms with Crippen molar-refractivity contribution in [2.75, 3.05) is 46.3 Å². The molecule has 0 radical (unpaired) electrons. The highest BCUT2D eigenvalue weighted by Gasteiger charge is 2.17. The molecule has 1 heterocycles. The average molecular weight is 391 g/mol. The van der Waals surface area contributed by atoms with Gasteiger partial charge in [-0.2, -0.15) is 0 Å². The summed E-state index contributed by atoms with van der Waals surface area (Å²) in [6.45, 7) is 5.63. The first-order valence-electron chi connectivity index (χ1n) is 6.71. The van der Waals surface area contributed by atoms with Crippen LogP contribution in [0.25, 0.3) is 0 Å². The molecule has 1 amide bonds. The zero-order valence-electron chi connectivity index (χ0n) is 11.5. The molecule has 1 N–H and O–H groups in total. The Bertz CT molecular complexity index is 477. The van der Waals surface area contributed by atoms with Crippen molar-refractivity contribution >= 4 is 28.5 Å². The van der Waals surface area contributed by atoms with Gasteiger partial charge < -0.3 is 10.2 Å². The van der Waals surface area contributed by atoms with E-state index in [-0.39, 0.29) is 11.7 Å². The second kappa shape index (κ2) is 7.33. The topological polar surface area (TPSA) is 35.6 Å². The van der Waals surface area contributed by atoms with E-state index in [0.29, 0.717) is 15.7 Å². The van der Waals surface area contributed by atoms with Crippen molar-refractivity contribution in [3.63, 3.8) is 0 Å². The number of hydrogen-bond donors (Lipinski definition) is 1. The van der Waals surface area contributed by atoms with Gasteiger partial charge in [-0.25, -0.2) is 4.39 Å². The normalized spacial score (nSPS) is 16.1. The largest absolute Gasteiger partial charge is 0.340 e. The molecule has 6 heteroatoms. The number of amides is 1. The molecule has 0 bridgehead atoms. The van der Waals surface area contributed by atoms with E-state index in [9.17, 15) is 9.18 Å². The van der Waals surface area contributed by atoms with Gasteiger partial charge in [0.2, 0.25) is 0 Å². The van der Waals surface area contributed by atoms with Gasteiger partial charge in [-0.1, -0.05) is 0 Å². The van der Waals surface area contributed by atoms with Gasteiger partial charge in [0.1, 0.15) is 5.82 Å². The average Bonchev–Trinajstić information content (AvgIpc) is 2.45. The Labute approximate surface area is 132 Å². The van der Waals surface area contributed by atoms with Crippen LogP contribution in [0.3, 0.4) is 0 Å². The first kappa shape index (κ1) is 15.7. The van der Waals surface area contributed by atoms with Crippen LogP contribution < -0.4 is 5.32 Å². The van der Waals surface area contributed by atoms with Crippen molar-refractivity contribution < 1.29 is 9.18 Å². The summed E-state index contributed by atoms with van der Waals surface area (Å²) in [6.07, 6.45) is 0. The van der Waals surface area contributed by atoms with Crippen LogP contribution in [0.5, 0.6) is 0 Å². The molecule has 2 rings (SSSR count). The van der Waals surface area contributed by atoms with E-state index in [1.54, 1.807) is 18.0 Å². The Morgan fingerprint density at radius 3 is 2.80 bits per heavy atom. The third-order valence-electron chi connectivity index (χ3n) is 3.47. The molecule has 0 atom stereocenters. The monoisotopic (exact) mass is 391 g/mol. The van der Waals surface area contributed by atoms with Crippen molar-refractivity contribution in [2.45, 2.75) is 0 Å². The molecule has 1 aromatic rings. The van der Waals surface area contributed by atoms with Gasteiger partial charge in [0.25, 0.3) is 5.91 Å². The van der Waals surface area contributed by atoms with Crippen LogP contribution in [0.4, 0.5) is 4.39 Å². The minimum atomic E-state index is -0.311. The predicted molar refractivity (Wildman–Crippen MR) is 85.4 cm³/mol. The molecule has 1 aliphatic rings. The van der Waals surface area contributed by atoms with Crippen LogP contribution in [0.2, 0.25) is 0 Å². The van der Waals surface area contributed by atoms with E-state index in [0.717, 1.165) is 32.7 Å². The summed E-state index contributed by atoms with van der Waals surface area (Å²) < 4.78 is 13.7. The van der Waals surface area contributed by atoms with E-state index < -0.39 is 0 Å². The lowest BCUT2D eigenvalue weighted by atomic mass is 10.2. The third-order valence-corrected chi connectivity index (χ3v) is 4.36. The highest BCUT2D eigenvalue weighted by Crippen LogP contribution is 2.15. The SMILES string of the molecule is CN(CCN1CCNCC1)C(=O)c1ccc(F)cc1I. The van der Waals surface area contributed by atoms with Crippen molar-refractivity contribution in [1.82, 2.24) is 15.1 Å².